The Labute approximate surface area is 184 Å². The average molecular weight is 437 g/mol. The Hall–Kier alpha value is -3.20. The molecule has 1 aliphatic heterocycles. The summed E-state index contributed by atoms with van der Waals surface area (Å²) in [7, 11) is 0. The Morgan fingerprint density at radius 2 is 1.66 bits per heavy atom. The van der Waals surface area contributed by atoms with E-state index in [1.807, 2.05) is 0 Å². The molecule has 9 heteroatoms. The number of aromatic nitrogens is 6. The zero-order chi connectivity index (χ0) is 22.7. The van der Waals surface area contributed by atoms with Gasteiger partial charge in [0.25, 0.3) is 0 Å². The molecule has 0 atom stereocenters. The lowest BCUT2D eigenvalue weighted by Crippen LogP contribution is -2.57. The zero-order valence-electron chi connectivity index (χ0n) is 18.4. The minimum absolute atomic E-state index is 0.0340. The molecule has 0 bridgehead atoms. The molecular formula is C23H25F2N7. The molecule has 4 aromatic rings. The number of halogens is 2. The third-order valence-electron chi connectivity index (χ3n) is 5.99. The van der Waals surface area contributed by atoms with Gasteiger partial charge in [-0.25, -0.2) is 23.7 Å². The van der Waals surface area contributed by atoms with Crippen molar-refractivity contribution in [3.05, 3.63) is 48.7 Å². The largest absolute Gasteiger partial charge is 0.311 e. The fourth-order valence-electron chi connectivity index (χ4n) is 5.04. The summed E-state index contributed by atoms with van der Waals surface area (Å²) in [5.74, 6) is -1.15. The monoisotopic (exact) mass is 437 g/mol. The molecule has 5 rings (SSSR count). The molecule has 166 valence electrons. The first-order valence-corrected chi connectivity index (χ1v) is 10.6. The molecule has 0 unspecified atom stereocenters. The third kappa shape index (κ3) is 3.66. The van der Waals surface area contributed by atoms with Crippen molar-refractivity contribution < 1.29 is 8.78 Å². The van der Waals surface area contributed by atoms with Crippen LogP contribution in [-0.2, 0) is 0 Å². The highest BCUT2D eigenvalue weighted by molar-refractivity contribution is 5.73. The lowest BCUT2D eigenvalue weighted by atomic mass is 9.79. The summed E-state index contributed by atoms with van der Waals surface area (Å²) in [5.41, 5.74) is 1.88. The van der Waals surface area contributed by atoms with Gasteiger partial charge >= 0.3 is 0 Å². The van der Waals surface area contributed by atoms with E-state index in [0.29, 0.717) is 16.9 Å². The second-order valence-electron chi connectivity index (χ2n) is 9.81. The molecule has 0 amide bonds. The summed E-state index contributed by atoms with van der Waals surface area (Å²) in [4.78, 5) is 13.5. The molecule has 1 fully saturated rings. The van der Waals surface area contributed by atoms with E-state index in [4.69, 9.17) is 0 Å². The minimum Gasteiger partial charge on any atom is -0.311 e. The molecule has 0 spiro atoms. The van der Waals surface area contributed by atoms with Crippen molar-refractivity contribution in [1.82, 2.24) is 35.0 Å². The summed E-state index contributed by atoms with van der Waals surface area (Å²) < 4.78 is 31.6. The smallest absolute Gasteiger partial charge is 0.198 e. The number of rotatable bonds is 3. The maximum atomic E-state index is 14.9. The predicted octanol–water partition coefficient (Wildman–Crippen LogP) is 4.64. The molecule has 32 heavy (non-hydrogen) atoms. The van der Waals surface area contributed by atoms with Crippen LogP contribution in [0.1, 0.15) is 46.6 Å². The molecule has 1 saturated heterocycles. The van der Waals surface area contributed by atoms with Crippen molar-refractivity contribution in [3.63, 3.8) is 0 Å². The number of hydrogen-bond donors (Lipinski definition) is 2. The standard InChI is InChI=1S/C23H25F2N7/c1-22(2)7-14(8-23(3,4)31-22)32-12-27-20-21(32)26-11-19(30-20)16-6-17(24)15(5-18(16)25)13-9-28-29-10-13/h5-6,9-12,14,31H,7-8H2,1-4H3,(H,28,29). The average Bonchev–Trinajstić information content (AvgIpc) is 3.36. The number of aromatic amines is 1. The molecule has 0 radical (unpaired) electrons. The fraction of sp³-hybridized carbons (Fsp3) is 0.391. The van der Waals surface area contributed by atoms with Gasteiger partial charge in [-0.1, -0.05) is 0 Å². The summed E-state index contributed by atoms with van der Waals surface area (Å²) in [6, 6.07) is 2.50. The van der Waals surface area contributed by atoms with E-state index in [0.717, 1.165) is 25.0 Å². The van der Waals surface area contributed by atoms with Crippen LogP contribution in [-0.4, -0.2) is 40.8 Å². The maximum absolute atomic E-state index is 14.9. The topological polar surface area (TPSA) is 84.3 Å². The van der Waals surface area contributed by atoms with Gasteiger partial charge in [0.15, 0.2) is 11.3 Å². The first kappa shape index (κ1) is 20.7. The molecule has 7 nitrogen and oxygen atoms in total. The van der Waals surface area contributed by atoms with Crippen LogP contribution >= 0.6 is 0 Å². The lowest BCUT2D eigenvalue weighted by Gasteiger charge is -2.46. The van der Waals surface area contributed by atoms with E-state index in [-0.39, 0.29) is 33.9 Å². The van der Waals surface area contributed by atoms with Crippen LogP contribution in [0.25, 0.3) is 33.7 Å². The Morgan fingerprint density at radius 3 is 2.34 bits per heavy atom. The number of imidazole rings is 1. The van der Waals surface area contributed by atoms with Crippen molar-refractivity contribution >= 4 is 11.3 Å². The van der Waals surface area contributed by atoms with Gasteiger partial charge in [-0.2, -0.15) is 5.10 Å². The number of nitrogens with one attached hydrogen (secondary N) is 2. The molecule has 0 aliphatic carbocycles. The van der Waals surface area contributed by atoms with Gasteiger partial charge in [-0.3, -0.25) is 5.10 Å². The predicted molar refractivity (Wildman–Crippen MR) is 118 cm³/mol. The van der Waals surface area contributed by atoms with E-state index in [9.17, 15) is 8.78 Å². The number of piperidine rings is 1. The second-order valence-corrected chi connectivity index (χ2v) is 9.81. The first-order valence-electron chi connectivity index (χ1n) is 10.6. The molecule has 2 N–H and O–H groups in total. The Morgan fingerprint density at radius 1 is 0.969 bits per heavy atom. The normalized spacial score (nSPS) is 18.3. The Kier molecular flexibility index (Phi) is 4.63. The van der Waals surface area contributed by atoms with Gasteiger partial charge in [0.1, 0.15) is 11.6 Å². The molecule has 4 heterocycles. The van der Waals surface area contributed by atoms with Gasteiger partial charge in [-0.05, 0) is 52.7 Å². The van der Waals surface area contributed by atoms with Crippen molar-refractivity contribution in [2.24, 2.45) is 0 Å². The van der Waals surface area contributed by atoms with E-state index >= 15 is 0 Å². The zero-order valence-corrected chi connectivity index (χ0v) is 18.4. The number of hydrogen-bond acceptors (Lipinski definition) is 5. The highest BCUT2D eigenvalue weighted by Crippen LogP contribution is 2.37. The van der Waals surface area contributed by atoms with E-state index < -0.39 is 11.6 Å². The van der Waals surface area contributed by atoms with Crippen LogP contribution in [0.2, 0.25) is 0 Å². The van der Waals surface area contributed by atoms with Gasteiger partial charge in [0.05, 0.1) is 24.4 Å². The van der Waals surface area contributed by atoms with Crippen LogP contribution in [0.3, 0.4) is 0 Å². The van der Waals surface area contributed by atoms with Crippen LogP contribution in [0.4, 0.5) is 8.78 Å². The maximum Gasteiger partial charge on any atom is 0.198 e. The molecule has 0 saturated carbocycles. The summed E-state index contributed by atoms with van der Waals surface area (Å²) >= 11 is 0. The Balaban J connectivity index is 1.52. The van der Waals surface area contributed by atoms with Crippen LogP contribution < -0.4 is 5.32 Å². The van der Waals surface area contributed by atoms with Gasteiger partial charge in [0, 0.05) is 40.0 Å². The summed E-state index contributed by atoms with van der Waals surface area (Å²) in [6.07, 6.45) is 8.02. The van der Waals surface area contributed by atoms with E-state index in [2.05, 4.69) is 62.7 Å². The molecule has 3 aromatic heterocycles. The van der Waals surface area contributed by atoms with Gasteiger partial charge in [-0.15, -0.1) is 0 Å². The lowest BCUT2D eigenvalue weighted by molar-refractivity contribution is 0.134. The van der Waals surface area contributed by atoms with Gasteiger partial charge < -0.3 is 9.88 Å². The molecule has 1 aromatic carbocycles. The van der Waals surface area contributed by atoms with Gasteiger partial charge in [0.2, 0.25) is 0 Å². The number of benzene rings is 1. The summed E-state index contributed by atoms with van der Waals surface area (Å²) in [6.45, 7) is 8.76. The summed E-state index contributed by atoms with van der Waals surface area (Å²) in [5, 5.41) is 10.1. The van der Waals surface area contributed by atoms with Crippen LogP contribution in [0.5, 0.6) is 0 Å². The second kappa shape index (κ2) is 7.16. The quantitative estimate of drug-likeness (QED) is 0.488. The first-order chi connectivity index (χ1) is 15.1. The molecular weight excluding hydrogens is 412 g/mol. The number of H-pyrrole nitrogens is 1. The van der Waals surface area contributed by atoms with E-state index in [1.54, 1.807) is 6.33 Å². The minimum atomic E-state index is -0.586. The highest BCUT2D eigenvalue weighted by Gasteiger charge is 2.39. The van der Waals surface area contributed by atoms with Crippen LogP contribution in [0, 0.1) is 11.6 Å². The highest BCUT2D eigenvalue weighted by atomic mass is 19.1. The third-order valence-corrected chi connectivity index (χ3v) is 5.99. The fourth-order valence-corrected chi connectivity index (χ4v) is 5.04. The van der Waals surface area contributed by atoms with Crippen molar-refractivity contribution in [3.8, 4) is 22.4 Å². The number of fused-ring (bicyclic) bond motifs is 1. The Bertz CT molecular complexity index is 1280. The SMILES string of the molecule is CC1(C)CC(n2cnc3nc(-c4cc(F)c(-c5cn[nH]c5)cc4F)cnc32)CC(C)(C)N1. The van der Waals surface area contributed by atoms with Crippen molar-refractivity contribution in [1.29, 1.82) is 0 Å². The van der Waals surface area contributed by atoms with Crippen LogP contribution in [0.15, 0.2) is 37.1 Å². The number of nitrogens with zero attached hydrogens (tertiary/aromatic N) is 5. The van der Waals surface area contributed by atoms with Crippen molar-refractivity contribution in [2.45, 2.75) is 57.7 Å². The van der Waals surface area contributed by atoms with E-state index in [1.165, 1.54) is 18.6 Å². The molecule has 1 aliphatic rings. The van der Waals surface area contributed by atoms with Crippen molar-refractivity contribution in [2.75, 3.05) is 0 Å².